The van der Waals surface area contributed by atoms with Gasteiger partial charge in [0.25, 0.3) is 23.2 Å². The molecule has 6 aromatic carbocycles. The van der Waals surface area contributed by atoms with Crippen molar-refractivity contribution in [3.63, 3.8) is 0 Å². The molecular formula is C44H32N8O6. The average Bonchev–Trinajstić information content (AvgIpc) is 3.90. The highest BCUT2D eigenvalue weighted by Gasteiger charge is 2.17. The van der Waals surface area contributed by atoms with E-state index >= 15 is 0 Å². The van der Waals surface area contributed by atoms with Gasteiger partial charge in [-0.15, -0.1) is 0 Å². The summed E-state index contributed by atoms with van der Waals surface area (Å²) in [5, 5.41) is 36.6. The Hall–Kier alpha value is -8.52. The molecule has 8 rings (SSSR count). The highest BCUT2D eigenvalue weighted by Crippen LogP contribution is 2.27. The number of amides is 2. The molecular weight excluding hydrogens is 737 g/mol. The monoisotopic (exact) mass is 768 g/mol. The van der Waals surface area contributed by atoms with E-state index in [0.29, 0.717) is 34.2 Å². The van der Waals surface area contributed by atoms with E-state index in [2.05, 4.69) is 20.8 Å². The molecule has 284 valence electrons. The van der Waals surface area contributed by atoms with Crippen LogP contribution in [0.25, 0.3) is 33.9 Å². The number of aromatic nitrogens is 4. The van der Waals surface area contributed by atoms with Crippen LogP contribution in [0.4, 0.5) is 23.0 Å². The zero-order valence-electron chi connectivity index (χ0n) is 30.5. The molecule has 0 aliphatic carbocycles. The van der Waals surface area contributed by atoms with Crippen LogP contribution in [-0.2, 0) is 0 Å². The molecule has 0 fully saturated rings. The maximum absolute atomic E-state index is 12.7. The number of nitrogens with zero attached hydrogens (tertiary/aromatic N) is 6. The van der Waals surface area contributed by atoms with Crippen LogP contribution in [0.1, 0.15) is 20.7 Å². The molecule has 0 spiro atoms. The minimum atomic E-state index is -0.502. The quantitative estimate of drug-likeness (QED) is 0.102. The van der Waals surface area contributed by atoms with E-state index in [-0.39, 0.29) is 23.2 Å². The second-order valence-electron chi connectivity index (χ2n) is 12.6. The van der Waals surface area contributed by atoms with Gasteiger partial charge in [-0.2, -0.15) is 10.2 Å². The van der Waals surface area contributed by atoms with E-state index in [1.165, 1.54) is 48.5 Å². The lowest BCUT2D eigenvalue weighted by molar-refractivity contribution is -0.385. The lowest BCUT2D eigenvalue weighted by Crippen LogP contribution is -2.15. The fourth-order valence-electron chi connectivity index (χ4n) is 5.82. The van der Waals surface area contributed by atoms with Crippen LogP contribution in [0.2, 0.25) is 0 Å². The summed E-state index contributed by atoms with van der Waals surface area (Å²) in [5.74, 6) is 0.241. The molecule has 2 heterocycles. The third-order valence-corrected chi connectivity index (χ3v) is 8.72. The first-order valence-electron chi connectivity index (χ1n) is 17.8. The van der Waals surface area contributed by atoms with E-state index in [0.717, 1.165) is 22.5 Å². The van der Waals surface area contributed by atoms with Crippen molar-refractivity contribution in [2.45, 2.75) is 0 Å². The molecule has 0 aliphatic heterocycles. The van der Waals surface area contributed by atoms with Crippen molar-refractivity contribution in [2.24, 2.45) is 0 Å². The fourth-order valence-corrected chi connectivity index (χ4v) is 5.82. The summed E-state index contributed by atoms with van der Waals surface area (Å²) in [7, 11) is 0. The molecule has 14 heteroatoms. The lowest BCUT2D eigenvalue weighted by Gasteiger charge is -2.08. The zero-order valence-corrected chi connectivity index (χ0v) is 30.5. The summed E-state index contributed by atoms with van der Waals surface area (Å²) in [6.07, 6.45) is 0. The number of nitrogens with one attached hydrogen (secondary N) is 2. The fraction of sp³-hybridized carbons (Fsp3) is 0. The van der Waals surface area contributed by atoms with Crippen LogP contribution in [0, 0.1) is 20.2 Å². The van der Waals surface area contributed by atoms with Crippen molar-refractivity contribution >= 4 is 34.8 Å². The highest BCUT2D eigenvalue weighted by atomic mass is 16.6. The molecule has 0 aliphatic rings. The van der Waals surface area contributed by atoms with Crippen molar-refractivity contribution in [1.82, 2.24) is 19.6 Å². The van der Waals surface area contributed by atoms with Gasteiger partial charge in [0.05, 0.1) is 32.6 Å². The first-order chi connectivity index (χ1) is 28.2. The van der Waals surface area contributed by atoms with Gasteiger partial charge in [0.2, 0.25) is 0 Å². The molecule has 58 heavy (non-hydrogen) atoms. The number of carbonyl (C=O) groups is 2. The van der Waals surface area contributed by atoms with Gasteiger partial charge in [-0.1, -0.05) is 97.1 Å². The normalized spacial score (nSPS) is 10.5. The maximum atomic E-state index is 12.7. The van der Waals surface area contributed by atoms with Crippen molar-refractivity contribution in [2.75, 3.05) is 10.6 Å². The topological polar surface area (TPSA) is 180 Å². The number of carbonyl (C=O) groups excluding carboxylic acids is 2. The minimum absolute atomic E-state index is 0.0674. The molecule has 0 radical (unpaired) electrons. The van der Waals surface area contributed by atoms with Crippen LogP contribution in [0.5, 0.6) is 0 Å². The van der Waals surface area contributed by atoms with Crippen molar-refractivity contribution < 1.29 is 19.4 Å². The van der Waals surface area contributed by atoms with Gasteiger partial charge in [0.15, 0.2) is 0 Å². The Bertz CT molecular complexity index is 2500. The Balaban J connectivity index is 0.000000177. The highest BCUT2D eigenvalue weighted by molar-refractivity contribution is 6.05. The standard InChI is InChI=1S/2C22H16N4O3/c2*27-22(17-11-13-19(14-12-17)26(28)29)23-21-15-20(16-7-3-1-4-8-16)24-25(21)18-9-5-2-6-10-18/h2*1-15H,(H,23,27). The zero-order chi connectivity index (χ0) is 40.4. The number of hydrogen-bond acceptors (Lipinski definition) is 8. The minimum Gasteiger partial charge on any atom is -0.306 e. The molecule has 2 aromatic heterocycles. The molecule has 0 saturated carbocycles. The van der Waals surface area contributed by atoms with Gasteiger partial charge >= 0.3 is 0 Å². The van der Waals surface area contributed by atoms with Crippen LogP contribution < -0.4 is 10.6 Å². The van der Waals surface area contributed by atoms with Gasteiger partial charge in [-0.3, -0.25) is 29.8 Å². The van der Waals surface area contributed by atoms with Crippen LogP contribution in [0.3, 0.4) is 0 Å². The van der Waals surface area contributed by atoms with E-state index in [9.17, 15) is 29.8 Å². The number of para-hydroxylation sites is 2. The second-order valence-corrected chi connectivity index (χ2v) is 12.6. The third kappa shape index (κ3) is 8.88. The molecule has 2 amide bonds. The molecule has 2 N–H and O–H groups in total. The Morgan fingerprint density at radius 3 is 1.07 bits per heavy atom. The number of hydrogen-bond donors (Lipinski definition) is 2. The van der Waals surface area contributed by atoms with Gasteiger partial charge in [-0.25, -0.2) is 9.36 Å². The van der Waals surface area contributed by atoms with Crippen molar-refractivity contribution in [3.8, 4) is 33.9 Å². The van der Waals surface area contributed by atoms with Crippen LogP contribution >= 0.6 is 0 Å². The molecule has 0 bridgehead atoms. The Labute approximate surface area is 331 Å². The summed E-state index contributed by atoms with van der Waals surface area (Å²) in [6.45, 7) is 0. The van der Waals surface area contributed by atoms with Crippen molar-refractivity contribution in [3.05, 3.63) is 213 Å². The molecule has 0 unspecified atom stereocenters. The predicted octanol–water partition coefficient (Wildman–Crippen LogP) is 9.40. The second kappa shape index (κ2) is 17.3. The summed E-state index contributed by atoms with van der Waals surface area (Å²) in [6, 6.07) is 52.8. The number of anilines is 2. The Morgan fingerprint density at radius 1 is 0.448 bits per heavy atom. The number of non-ortho nitro benzene ring substituents is 2. The lowest BCUT2D eigenvalue weighted by atomic mass is 10.1. The Morgan fingerprint density at radius 2 is 0.759 bits per heavy atom. The van der Waals surface area contributed by atoms with Crippen LogP contribution in [-0.4, -0.2) is 41.2 Å². The number of benzene rings is 6. The summed E-state index contributed by atoms with van der Waals surface area (Å²) in [5.41, 5.74) is 5.38. The smallest absolute Gasteiger partial charge is 0.269 e. The Kier molecular flexibility index (Phi) is 11.3. The largest absolute Gasteiger partial charge is 0.306 e. The van der Waals surface area contributed by atoms with E-state index in [1.807, 2.05) is 121 Å². The van der Waals surface area contributed by atoms with Crippen LogP contribution in [0.15, 0.2) is 182 Å². The summed E-state index contributed by atoms with van der Waals surface area (Å²) >= 11 is 0. The number of nitro benzene ring substituents is 2. The van der Waals surface area contributed by atoms with Crippen molar-refractivity contribution in [1.29, 1.82) is 0 Å². The molecule has 14 nitrogen and oxygen atoms in total. The number of nitro groups is 2. The maximum Gasteiger partial charge on any atom is 0.269 e. The van der Waals surface area contributed by atoms with Gasteiger partial charge in [-0.05, 0) is 48.5 Å². The molecule has 0 atom stereocenters. The first kappa shape index (κ1) is 37.8. The first-order valence-corrected chi connectivity index (χ1v) is 17.8. The SMILES string of the molecule is O=C(Nc1cc(-c2ccccc2)nn1-c1ccccc1)c1ccc([N+](=O)[O-])cc1.O=C(Nc1cc(-c2ccccc2)nn1-c1ccccc1)c1ccc([N+](=O)[O-])cc1. The summed E-state index contributed by atoms with van der Waals surface area (Å²) in [4.78, 5) is 46.0. The predicted molar refractivity (Wildman–Crippen MR) is 220 cm³/mol. The van der Waals surface area contributed by atoms with Gasteiger partial charge in [0.1, 0.15) is 11.6 Å². The average molecular weight is 769 g/mol. The van der Waals surface area contributed by atoms with E-state index in [1.54, 1.807) is 21.5 Å². The van der Waals surface area contributed by atoms with E-state index in [4.69, 9.17) is 0 Å². The number of rotatable bonds is 10. The summed E-state index contributed by atoms with van der Waals surface area (Å²) < 4.78 is 3.32. The third-order valence-electron chi connectivity index (χ3n) is 8.72. The van der Waals surface area contributed by atoms with Gasteiger partial charge in [0, 0.05) is 58.7 Å². The van der Waals surface area contributed by atoms with Gasteiger partial charge < -0.3 is 10.6 Å². The van der Waals surface area contributed by atoms with E-state index < -0.39 is 9.85 Å². The molecule has 8 aromatic rings. The molecule has 0 saturated heterocycles.